The van der Waals surface area contributed by atoms with Crippen molar-refractivity contribution in [3.8, 4) is 0 Å². The first kappa shape index (κ1) is 47.4. The van der Waals surface area contributed by atoms with Crippen LogP contribution in [-0.2, 0) is 54.1 Å². The molecule has 0 saturated heterocycles. The van der Waals surface area contributed by atoms with Gasteiger partial charge in [-0.3, -0.25) is 34.6 Å². The summed E-state index contributed by atoms with van der Waals surface area (Å²) in [5, 5.41) is 33.5. The van der Waals surface area contributed by atoms with E-state index in [0.717, 1.165) is 11.1 Å². The molecule has 0 aliphatic carbocycles. The summed E-state index contributed by atoms with van der Waals surface area (Å²) >= 11 is 0. The Morgan fingerprint density at radius 1 is 0.526 bits per heavy atom. The number of nitrogens with one attached hydrogen (secondary N) is 2. The molecule has 5 atom stereocenters. The first-order valence-corrected chi connectivity index (χ1v) is 18.8. The van der Waals surface area contributed by atoms with Crippen LogP contribution in [0.2, 0.25) is 0 Å². The number of aliphatic carboxylic acids is 2. The Bertz CT molecular complexity index is 1610. The molecule has 0 aromatic heterocycles. The molecular weight excluding hydrogens is 748 g/mol. The van der Waals surface area contributed by atoms with E-state index in [1.807, 2.05) is 31.2 Å². The molecule has 0 saturated carbocycles. The number of carboxylic acids is 2. The van der Waals surface area contributed by atoms with E-state index in [0.29, 0.717) is 24.2 Å². The van der Waals surface area contributed by atoms with E-state index in [-0.39, 0.29) is 70.6 Å². The summed E-state index contributed by atoms with van der Waals surface area (Å²) in [4.78, 5) is 84.8. The van der Waals surface area contributed by atoms with Crippen molar-refractivity contribution in [3.63, 3.8) is 0 Å². The van der Waals surface area contributed by atoms with E-state index < -0.39 is 66.3 Å². The highest BCUT2D eigenvalue weighted by Crippen LogP contribution is 2.28. The van der Waals surface area contributed by atoms with Gasteiger partial charge in [0.25, 0.3) is 0 Å². The van der Waals surface area contributed by atoms with Crippen molar-refractivity contribution < 1.29 is 72.6 Å². The largest absolute Gasteiger partial charge is 0.481 e. The van der Waals surface area contributed by atoms with Gasteiger partial charge in [0.2, 0.25) is 0 Å². The van der Waals surface area contributed by atoms with Crippen LogP contribution >= 0.6 is 0 Å². The Morgan fingerprint density at radius 3 is 1.37 bits per heavy atom. The van der Waals surface area contributed by atoms with Crippen LogP contribution in [-0.4, -0.2) is 97.0 Å². The third-order valence-electron chi connectivity index (χ3n) is 8.98. The fraction of sp³-hybridized carbons (Fsp3) is 0.525. The van der Waals surface area contributed by atoms with Crippen LogP contribution in [0, 0.1) is 29.6 Å². The number of hydrogen-bond donors (Lipinski definition) is 5. The molecule has 5 unspecified atom stereocenters. The zero-order chi connectivity index (χ0) is 42.3. The van der Waals surface area contributed by atoms with Crippen LogP contribution in [0.3, 0.4) is 0 Å². The summed E-state index contributed by atoms with van der Waals surface area (Å²) in [6, 6.07) is 14.1. The van der Waals surface area contributed by atoms with Crippen LogP contribution in [0.25, 0.3) is 0 Å². The molecule has 2 aromatic carbocycles. The van der Waals surface area contributed by atoms with E-state index in [9.17, 15) is 43.8 Å². The summed E-state index contributed by atoms with van der Waals surface area (Å²) < 4.78 is 25.3. The molecule has 17 nitrogen and oxygen atoms in total. The third-order valence-corrected chi connectivity index (χ3v) is 8.98. The standard InChI is InChI=1S/C40H54N2O15/c1-5-25(3)36(48)54-17-19-56-39(51)41-32-11-7-27(8-12-32)22-28-9-13-33(14-10-28)42-40(52)57-20-18-55-38(50)29(6-2)23-31(35(46)47)24-30(34(44)45)21-26(4)37(49)53-16-15-43/h7-14,25-26,29-31,43H,5-6,15-24H2,1-4H3,(H,41,51)(H,42,52)(H,44,45)(H,46,47). The Balaban J connectivity index is 1.76. The molecule has 0 aliphatic rings. The van der Waals surface area contributed by atoms with Gasteiger partial charge in [0.05, 0.1) is 36.2 Å². The number of carbonyl (C=O) groups excluding carboxylic acids is 5. The van der Waals surface area contributed by atoms with Crippen LogP contribution in [0.1, 0.15) is 70.9 Å². The molecule has 0 aliphatic heterocycles. The first-order valence-electron chi connectivity index (χ1n) is 18.8. The summed E-state index contributed by atoms with van der Waals surface area (Å²) in [5.41, 5.74) is 2.87. The monoisotopic (exact) mass is 802 g/mol. The number of benzene rings is 2. The average Bonchev–Trinajstić information content (AvgIpc) is 3.18. The summed E-state index contributed by atoms with van der Waals surface area (Å²) in [6.45, 7) is 5.44. The highest BCUT2D eigenvalue weighted by molar-refractivity contribution is 5.85. The number of hydrogen-bond acceptors (Lipinski definition) is 13. The number of anilines is 2. The third kappa shape index (κ3) is 18.2. The average molecular weight is 803 g/mol. The minimum Gasteiger partial charge on any atom is -0.481 e. The molecule has 57 heavy (non-hydrogen) atoms. The zero-order valence-corrected chi connectivity index (χ0v) is 32.7. The number of rotatable bonds is 25. The Labute approximate surface area is 331 Å². The highest BCUT2D eigenvalue weighted by Gasteiger charge is 2.33. The molecule has 0 bridgehead atoms. The van der Waals surface area contributed by atoms with Crippen LogP contribution in [0.4, 0.5) is 21.0 Å². The number of aliphatic hydroxyl groups is 1. The van der Waals surface area contributed by atoms with Crippen molar-refractivity contribution in [1.82, 2.24) is 0 Å². The number of aliphatic hydroxyl groups excluding tert-OH is 1. The van der Waals surface area contributed by atoms with E-state index in [2.05, 4.69) is 10.6 Å². The number of amides is 2. The maximum Gasteiger partial charge on any atom is 0.411 e. The van der Waals surface area contributed by atoms with Crippen LogP contribution in [0.5, 0.6) is 0 Å². The Hall–Kier alpha value is -5.71. The lowest BCUT2D eigenvalue weighted by Crippen LogP contribution is -2.30. The predicted octanol–water partition coefficient (Wildman–Crippen LogP) is 5.28. The van der Waals surface area contributed by atoms with Gasteiger partial charge in [-0.25, -0.2) is 9.59 Å². The summed E-state index contributed by atoms with van der Waals surface area (Å²) in [5.74, 6) is -8.73. The number of esters is 3. The van der Waals surface area contributed by atoms with Gasteiger partial charge in [0.15, 0.2) is 0 Å². The van der Waals surface area contributed by atoms with E-state index in [1.54, 1.807) is 38.1 Å². The molecule has 0 heterocycles. The quantitative estimate of drug-likeness (QED) is 0.0487. The second-order valence-electron chi connectivity index (χ2n) is 13.4. The zero-order valence-electron chi connectivity index (χ0n) is 32.7. The van der Waals surface area contributed by atoms with Crippen LogP contribution < -0.4 is 10.6 Å². The van der Waals surface area contributed by atoms with Crippen molar-refractivity contribution in [2.24, 2.45) is 29.6 Å². The molecule has 2 rings (SSSR count). The molecule has 314 valence electrons. The minimum atomic E-state index is -1.30. The minimum absolute atomic E-state index is 0.0251. The smallest absolute Gasteiger partial charge is 0.411 e. The number of carboxylic acid groups (broad SMARTS) is 2. The second kappa shape index (κ2) is 25.4. The lowest BCUT2D eigenvalue weighted by molar-refractivity contribution is -0.152. The van der Waals surface area contributed by atoms with Gasteiger partial charge in [0, 0.05) is 11.4 Å². The van der Waals surface area contributed by atoms with Gasteiger partial charge in [-0.1, -0.05) is 52.0 Å². The fourth-order valence-corrected chi connectivity index (χ4v) is 5.46. The fourth-order valence-electron chi connectivity index (χ4n) is 5.46. The van der Waals surface area contributed by atoms with Crippen molar-refractivity contribution in [1.29, 1.82) is 0 Å². The molecule has 2 amide bonds. The van der Waals surface area contributed by atoms with Crippen molar-refractivity contribution in [3.05, 3.63) is 59.7 Å². The molecule has 0 radical (unpaired) electrons. The van der Waals surface area contributed by atoms with Gasteiger partial charge in [0.1, 0.15) is 33.0 Å². The molecule has 17 heteroatoms. The van der Waals surface area contributed by atoms with Gasteiger partial charge in [-0.05, 0) is 73.9 Å². The van der Waals surface area contributed by atoms with E-state index >= 15 is 0 Å². The Morgan fingerprint density at radius 2 is 0.930 bits per heavy atom. The summed E-state index contributed by atoms with van der Waals surface area (Å²) in [7, 11) is 0. The SMILES string of the molecule is CCC(C)C(=O)OCCOC(=O)Nc1ccc(Cc2ccc(NC(=O)OCCOC(=O)C(CC)CC(CC(CC(C)C(=O)OCCO)C(=O)O)C(=O)O)cc2)cc1. The first-order chi connectivity index (χ1) is 27.2. The number of carbonyl (C=O) groups is 7. The predicted molar refractivity (Wildman–Crippen MR) is 204 cm³/mol. The molecule has 0 fully saturated rings. The molecule has 2 aromatic rings. The van der Waals surface area contributed by atoms with Gasteiger partial charge in [-0.2, -0.15) is 0 Å². The Kier molecular flexibility index (Phi) is 21.2. The second-order valence-corrected chi connectivity index (χ2v) is 13.4. The number of ether oxygens (including phenoxy) is 5. The van der Waals surface area contributed by atoms with Gasteiger partial charge in [-0.15, -0.1) is 0 Å². The van der Waals surface area contributed by atoms with Crippen molar-refractivity contribution >= 4 is 53.4 Å². The molecule has 5 N–H and O–H groups in total. The van der Waals surface area contributed by atoms with E-state index in [4.69, 9.17) is 28.8 Å². The van der Waals surface area contributed by atoms with Crippen molar-refractivity contribution in [2.75, 3.05) is 50.3 Å². The van der Waals surface area contributed by atoms with Gasteiger partial charge < -0.3 is 39.0 Å². The highest BCUT2D eigenvalue weighted by atomic mass is 16.6. The topological polar surface area (TPSA) is 250 Å². The van der Waals surface area contributed by atoms with E-state index in [1.165, 1.54) is 6.92 Å². The van der Waals surface area contributed by atoms with Crippen molar-refractivity contribution in [2.45, 2.75) is 66.2 Å². The summed E-state index contributed by atoms with van der Waals surface area (Å²) in [6.07, 6.45) is -0.747. The maximum absolute atomic E-state index is 12.8. The lowest BCUT2D eigenvalue weighted by atomic mass is 9.82. The van der Waals surface area contributed by atoms with Gasteiger partial charge >= 0.3 is 42.0 Å². The molecular formula is C40H54N2O15. The normalized spacial score (nSPS) is 13.4. The lowest BCUT2D eigenvalue weighted by Gasteiger charge is -2.23. The maximum atomic E-state index is 12.8. The molecule has 0 spiro atoms. The van der Waals surface area contributed by atoms with Crippen LogP contribution in [0.15, 0.2) is 48.5 Å².